The lowest BCUT2D eigenvalue weighted by Crippen LogP contribution is -2.59. The van der Waals surface area contributed by atoms with Crippen LogP contribution in [0, 0.1) is 5.92 Å². The average Bonchev–Trinajstić information content (AvgIpc) is 3.63. The largest absolute Gasteiger partial charge is 0.469 e. The Balaban J connectivity index is 1.43. The maximum Gasteiger partial charge on any atom is 0.410 e. The second-order valence-corrected chi connectivity index (χ2v) is 17.7. The van der Waals surface area contributed by atoms with Gasteiger partial charge in [-0.25, -0.2) is 4.79 Å². The van der Waals surface area contributed by atoms with Crippen molar-refractivity contribution >= 4 is 35.7 Å². The molecule has 0 bridgehead atoms. The van der Waals surface area contributed by atoms with Gasteiger partial charge in [0, 0.05) is 32.5 Å². The molecule has 3 N–H and O–H groups in total. The summed E-state index contributed by atoms with van der Waals surface area (Å²) >= 11 is 0. The van der Waals surface area contributed by atoms with Crippen LogP contribution in [0.2, 0.25) is 0 Å². The van der Waals surface area contributed by atoms with Crippen LogP contribution in [0.3, 0.4) is 0 Å². The molecule has 1 aromatic rings. The van der Waals surface area contributed by atoms with Gasteiger partial charge in [-0.1, -0.05) is 82.1 Å². The molecule has 1 saturated carbocycles. The number of carbonyl (C=O) groups is 6. The molecule has 5 atom stereocenters. The average molecular weight is 810 g/mol. The number of nitrogens with zero attached hydrogens (tertiary/aromatic N) is 2. The topological polar surface area (TPSA) is 163 Å². The second-order valence-electron chi connectivity index (χ2n) is 17.7. The molecular formula is C45H71N5O8. The number of nitrogens with one attached hydrogen (secondary N) is 3. The molecule has 13 heteroatoms. The highest BCUT2D eigenvalue weighted by molar-refractivity contribution is 5.94. The van der Waals surface area contributed by atoms with Crippen LogP contribution >= 0.6 is 0 Å². The molecule has 324 valence electrons. The van der Waals surface area contributed by atoms with E-state index in [1.165, 1.54) is 24.6 Å². The number of carbonyl (C=O) groups excluding carboxylic acids is 6. The predicted molar refractivity (Wildman–Crippen MR) is 222 cm³/mol. The lowest BCUT2D eigenvalue weighted by atomic mass is 9.83. The Morgan fingerprint density at radius 1 is 0.845 bits per heavy atom. The summed E-state index contributed by atoms with van der Waals surface area (Å²) in [5.74, 6) is -1.46. The monoisotopic (exact) mass is 810 g/mol. The minimum absolute atomic E-state index is 0.0985. The summed E-state index contributed by atoms with van der Waals surface area (Å²) in [6.45, 7) is 7.05. The Morgan fingerprint density at radius 2 is 1.48 bits per heavy atom. The highest BCUT2D eigenvalue weighted by Gasteiger charge is 2.45. The summed E-state index contributed by atoms with van der Waals surface area (Å²) in [6, 6.07) is 4.91. The fraction of sp³-hybridized carbons (Fsp3) is 0.733. The number of likely N-dealkylation sites (tertiary alicyclic amines) is 1. The first-order valence-corrected chi connectivity index (χ1v) is 22.0. The molecule has 0 spiro atoms. The maximum absolute atomic E-state index is 14.8. The van der Waals surface area contributed by atoms with Crippen LogP contribution in [-0.2, 0) is 39.9 Å². The minimum Gasteiger partial charge on any atom is -0.469 e. The summed E-state index contributed by atoms with van der Waals surface area (Å²) < 4.78 is 10.2. The van der Waals surface area contributed by atoms with Gasteiger partial charge in [0.2, 0.25) is 23.6 Å². The number of fused-ring (bicyclic) bond motifs is 1. The van der Waals surface area contributed by atoms with Gasteiger partial charge < -0.3 is 30.3 Å². The van der Waals surface area contributed by atoms with Gasteiger partial charge in [0.1, 0.15) is 23.7 Å². The van der Waals surface area contributed by atoms with Crippen LogP contribution in [0.15, 0.2) is 24.3 Å². The van der Waals surface area contributed by atoms with E-state index in [9.17, 15) is 28.8 Å². The molecule has 1 aromatic carbocycles. The molecule has 2 aliphatic carbocycles. The van der Waals surface area contributed by atoms with E-state index in [1.807, 2.05) is 12.1 Å². The van der Waals surface area contributed by atoms with Gasteiger partial charge in [-0.15, -0.1) is 0 Å². The fourth-order valence-electron chi connectivity index (χ4n) is 8.59. The zero-order chi connectivity index (χ0) is 42.2. The number of aryl methyl sites for hydroxylation is 1. The van der Waals surface area contributed by atoms with E-state index in [2.05, 4.69) is 28.1 Å². The number of hydrogen-bond acceptors (Lipinski definition) is 8. The highest BCUT2D eigenvalue weighted by atomic mass is 16.6. The van der Waals surface area contributed by atoms with Crippen LogP contribution in [0.1, 0.15) is 160 Å². The van der Waals surface area contributed by atoms with E-state index < -0.39 is 41.8 Å². The first kappa shape index (κ1) is 46.5. The van der Waals surface area contributed by atoms with Crippen LogP contribution in [0.4, 0.5) is 4.79 Å². The quantitative estimate of drug-likeness (QED) is 0.103. The lowest BCUT2D eigenvalue weighted by molar-refractivity contribution is -0.143. The lowest BCUT2D eigenvalue weighted by Gasteiger charge is -2.36. The molecule has 13 nitrogen and oxygen atoms in total. The number of likely N-dealkylation sites (N-methyl/N-ethyl adjacent to an activating group) is 1. The van der Waals surface area contributed by atoms with Crippen molar-refractivity contribution in [2.45, 2.75) is 186 Å². The molecule has 4 rings (SSSR count). The highest BCUT2D eigenvalue weighted by Crippen LogP contribution is 2.32. The molecule has 0 unspecified atom stereocenters. The Kier molecular flexibility index (Phi) is 18.3. The van der Waals surface area contributed by atoms with Gasteiger partial charge >= 0.3 is 12.1 Å². The van der Waals surface area contributed by atoms with Crippen LogP contribution < -0.4 is 16.0 Å². The Hall–Kier alpha value is -4.16. The van der Waals surface area contributed by atoms with Crippen molar-refractivity contribution in [1.82, 2.24) is 25.8 Å². The SMILES string of the molecule is COC(=O)CCCCCCCCCCC(=O)N[C@H]1C[C@@H](C(=O)N[C@@H]2CCCc3ccccc32)N(C(=O)[C@@H](NC(=O)[C@H](C)N(C)C(=O)OC(C)(C)C)C2CCCCC2)C1. The van der Waals surface area contributed by atoms with Crippen molar-refractivity contribution in [2.24, 2.45) is 5.92 Å². The number of esters is 1. The first-order valence-electron chi connectivity index (χ1n) is 22.0. The number of rotatable bonds is 19. The fourth-order valence-corrected chi connectivity index (χ4v) is 8.59. The molecule has 3 aliphatic rings. The van der Waals surface area contributed by atoms with Crippen LogP contribution in [-0.4, -0.2) is 96.0 Å². The molecule has 58 heavy (non-hydrogen) atoms. The van der Waals surface area contributed by atoms with E-state index in [1.54, 1.807) is 32.6 Å². The Bertz CT molecular complexity index is 1540. The number of hydrogen-bond donors (Lipinski definition) is 3. The summed E-state index contributed by atoms with van der Waals surface area (Å²) in [6.07, 6.45) is 15.4. The Labute approximate surface area is 346 Å². The minimum atomic E-state index is -0.914. The van der Waals surface area contributed by atoms with Crippen molar-refractivity contribution in [3.8, 4) is 0 Å². The standard InChI is InChI=1S/C45H71N5O8/c1-31(49(5)44(56)58-45(2,3)4)41(53)48-40(33-22-14-13-15-23-33)43(55)50-30-34(46-38(51)27-16-11-9-7-8-10-12-17-28-39(52)57-6)29-37(50)42(54)47-36-26-20-24-32-21-18-19-25-35(32)36/h18-19,21,25,31,33-34,36-37,40H,7-17,20,22-24,26-30H2,1-6H3,(H,46,51)(H,47,54)(H,48,53)/t31-,34-,36+,37-,40-/m0/s1. The zero-order valence-corrected chi connectivity index (χ0v) is 36.1. The van der Waals surface area contributed by atoms with Gasteiger partial charge in [-0.3, -0.25) is 28.9 Å². The van der Waals surface area contributed by atoms with Crippen molar-refractivity contribution in [1.29, 1.82) is 0 Å². The molecule has 1 saturated heterocycles. The number of amides is 5. The molecule has 2 fully saturated rings. The van der Waals surface area contributed by atoms with Crippen molar-refractivity contribution in [3.05, 3.63) is 35.4 Å². The van der Waals surface area contributed by atoms with Crippen molar-refractivity contribution in [3.63, 3.8) is 0 Å². The summed E-state index contributed by atoms with van der Waals surface area (Å²) in [5, 5.41) is 9.42. The number of unbranched alkanes of at least 4 members (excludes halogenated alkanes) is 7. The third-order valence-corrected chi connectivity index (χ3v) is 12.0. The third-order valence-electron chi connectivity index (χ3n) is 12.0. The van der Waals surface area contributed by atoms with Gasteiger partial charge in [-0.05, 0) is 96.1 Å². The number of ether oxygens (including phenoxy) is 2. The van der Waals surface area contributed by atoms with Gasteiger partial charge in [0.05, 0.1) is 13.2 Å². The van der Waals surface area contributed by atoms with Crippen molar-refractivity contribution in [2.75, 3.05) is 20.7 Å². The zero-order valence-electron chi connectivity index (χ0n) is 36.1. The summed E-state index contributed by atoms with van der Waals surface area (Å²) in [4.78, 5) is 83.1. The summed E-state index contributed by atoms with van der Waals surface area (Å²) in [5.41, 5.74) is 1.57. The van der Waals surface area contributed by atoms with E-state index in [0.29, 0.717) is 12.8 Å². The van der Waals surface area contributed by atoms with E-state index in [-0.39, 0.29) is 48.6 Å². The Morgan fingerprint density at radius 3 is 2.14 bits per heavy atom. The van der Waals surface area contributed by atoms with Gasteiger partial charge in [0.25, 0.3) is 0 Å². The molecule has 5 amide bonds. The smallest absolute Gasteiger partial charge is 0.410 e. The maximum atomic E-state index is 14.8. The normalized spacial score (nSPS) is 20.6. The van der Waals surface area contributed by atoms with Gasteiger partial charge in [-0.2, -0.15) is 0 Å². The van der Waals surface area contributed by atoms with Gasteiger partial charge in [0.15, 0.2) is 0 Å². The predicted octanol–water partition coefficient (Wildman–Crippen LogP) is 6.66. The molecule has 1 aliphatic heterocycles. The second kappa shape index (κ2) is 22.8. The van der Waals surface area contributed by atoms with E-state index in [4.69, 9.17) is 9.47 Å². The number of methoxy groups -OCH3 is 1. The summed E-state index contributed by atoms with van der Waals surface area (Å²) in [7, 11) is 2.92. The van der Waals surface area contributed by atoms with Crippen LogP contribution in [0.25, 0.3) is 0 Å². The van der Waals surface area contributed by atoms with Crippen LogP contribution in [0.5, 0.6) is 0 Å². The molecule has 0 aromatic heterocycles. The molecule has 1 heterocycles. The molecular weight excluding hydrogens is 739 g/mol. The number of benzene rings is 1. The van der Waals surface area contributed by atoms with Crippen molar-refractivity contribution < 1.29 is 38.2 Å². The molecule has 0 radical (unpaired) electrons. The van der Waals surface area contributed by atoms with E-state index >= 15 is 0 Å². The van der Waals surface area contributed by atoms with E-state index in [0.717, 1.165) is 108 Å². The third kappa shape index (κ3) is 14.3. The first-order chi connectivity index (χ1) is 27.7.